The molecule has 0 heterocycles. The van der Waals surface area contributed by atoms with Gasteiger partial charge in [-0.2, -0.15) is 0 Å². The minimum atomic E-state index is 0.422. The maximum atomic E-state index is 5.97. The van der Waals surface area contributed by atoms with Crippen molar-refractivity contribution < 1.29 is 4.74 Å². The van der Waals surface area contributed by atoms with E-state index >= 15 is 0 Å². The number of hydrogen-bond donors (Lipinski definition) is 1. The first-order valence-corrected chi connectivity index (χ1v) is 7.29. The minimum Gasteiger partial charge on any atom is -0.490 e. The van der Waals surface area contributed by atoms with Crippen LogP contribution >= 0.6 is 0 Å². The third-order valence-electron chi connectivity index (χ3n) is 3.69. The van der Waals surface area contributed by atoms with E-state index in [9.17, 15) is 0 Å². The normalized spacial score (nSPS) is 17.9. The van der Waals surface area contributed by atoms with Crippen molar-refractivity contribution in [2.75, 3.05) is 6.54 Å². The molecule has 0 amide bonds. The second-order valence-electron chi connectivity index (χ2n) is 5.27. The monoisotopic (exact) mass is 247 g/mol. The summed E-state index contributed by atoms with van der Waals surface area (Å²) in [6.45, 7) is 5.47. The van der Waals surface area contributed by atoms with Crippen LogP contribution in [0.25, 0.3) is 0 Å². The highest BCUT2D eigenvalue weighted by molar-refractivity contribution is 5.29. The Morgan fingerprint density at radius 1 is 1.22 bits per heavy atom. The molecule has 1 aliphatic rings. The molecule has 1 fully saturated rings. The number of rotatable bonds is 6. The van der Waals surface area contributed by atoms with Crippen LogP contribution in [0.15, 0.2) is 24.3 Å². The van der Waals surface area contributed by atoms with E-state index in [-0.39, 0.29) is 0 Å². The summed E-state index contributed by atoms with van der Waals surface area (Å²) in [6, 6.07) is 9.00. The lowest BCUT2D eigenvalue weighted by Crippen LogP contribution is -2.19. The lowest BCUT2D eigenvalue weighted by atomic mass is 10.1. The molecular weight excluding hydrogens is 222 g/mol. The van der Waals surface area contributed by atoms with Crippen molar-refractivity contribution in [3.05, 3.63) is 29.8 Å². The quantitative estimate of drug-likeness (QED) is 0.818. The topological polar surface area (TPSA) is 21.3 Å². The lowest BCUT2D eigenvalue weighted by molar-refractivity contribution is 0.210. The van der Waals surface area contributed by atoms with Crippen LogP contribution in [-0.4, -0.2) is 12.6 Å². The van der Waals surface area contributed by atoms with Crippen molar-refractivity contribution >= 4 is 0 Å². The van der Waals surface area contributed by atoms with E-state index < -0.39 is 0 Å². The van der Waals surface area contributed by atoms with Crippen molar-refractivity contribution in [2.45, 2.75) is 58.1 Å². The van der Waals surface area contributed by atoms with Crippen LogP contribution in [0.4, 0.5) is 0 Å². The van der Waals surface area contributed by atoms with Gasteiger partial charge in [-0.3, -0.25) is 0 Å². The van der Waals surface area contributed by atoms with Crippen LogP contribution in [0.1, 0.15) is 57.6 Å². The predicted octanol–water partition coefficient (Wildman–Crippen LogP) is 4.07. The van der Waals surface area contributed by atoms with Gasteiger partial charge >= 0.3 is 0 Å². The lowest BCUT2D eigenvalue weighted by Gasteiger charge is -2.16. The van der Waals surface area contributed by atoms with Gasteiger partial charge in [-0.25, -0.2) is 0 Å². The zero-order chi connectivity index (χ0) is 12.8. The molecule has 0 spiro atoms. The largest absolute Gasteiger partial charge is 0.490 e. The molecule has 1 aromatic carbocycles. The van der Waals surface area contributed by atoms with Gasteiger partial charge in [-0.1, -0.05) is 19.1 Å². The smallest absolute Gasteiger partial charge is 0.119 e. The molecule has 0 bridgehead atoms. The summed E-state index contributed by atoms with van der Waals surface area (Å²) in [5, 5.41) is 3.50. The Balaban J connectivity index is 1.88. The number of ether oxygens (including phenoxy) is 1. The van der Waals surface area contributed by atoms with Crippen LogP contribution in [0, 0.1) is 0 Å². The number of benzene rings is 1. The van der Waals surface area contributed by atoms with Crippen LogP contribution in [0.5, 0.6) is 5.75 Å². The van der Waals surface area contributed by atoms with Crippen molar-refractivity contribution in [1.82, 2.24) is 5.32 Å². The first-order valence-electron chi connectivity index (χ1n) is 7.29. The van der Waals surface area contributed by atoms with E-state index in [1.807, 2.05) is 0 Å². The van der Waals surface area contributed by atoms with Gasteiger partial charge in [0.15, 0.2) is 0 Å². The maximum absolute atomic E-state index is 5.97. The second-order valence-corrected chi connectivity index (χ2v) is 5.27. The molecule has 1 unspecified atom stereocenters. The SMILES string of the molecule is CCCNC(C)c1ccc(OC2CCCC2)cc1. The van der Waals surface area contributed by atoms with Crippen LogP contribution in [0.2, 0.25) is 0 Å². The first-order chi connectivity index (χ1) is 8.79. The molecule has 1 aromatic rings. The molecule has 1 saturated carbocycles. The Hall–Kier alpha value is -1.02. The van der Waals surface area contributed by atoms with E-state index in [4.69, 9.17) is 4.74 Å². The Kier molecular flexibility index (Phi) is 5.06. The fourth-order valence-electron chi connectivity index (χ4n) is 2.51. The summed E-state index contributed by atoms with van der Waals surface area (Å²) in [5.74, 6) is 1.02. The van der Waals surface area contributed by atoms with E-state index in [1.54, 1.807) is 0 Å². The second kappa shape index (κ2) is 6.79. The van der Waals surface area contributed by atoms with Crippen LogP contribution in [0.3, 0.4) is 0 Å². The molecule has 2 heteroatoms. The van der Waals surface area contributed by atoms with Crippen LogP contribution in [-0.2, 0) is 0 Å². The van der Waals surface area contributed by atoms with Gasteiger partial charge in [0.2, 0.25) is 0 Å². The maximum Gasteiger partial charge on any atom is 0.119 e. The minimum absolute atomic E-state index is 0.422. The Bertz CT molecular complexity index is 341. The van der Waals surface area contributed by atoms with Gasteiger partial charge in [-0.05, 0) is 63.3 Å². The van der Waals surface area contributed by atoms with E-state index in [0.29, 0.717) is 12.1 Å². The Labute approximate surface area is 111 Å². The van der Waals surface area contributed by atoms with Crippen molar-refractivity contribution in [2.24, 2.45) is 0 Å². The highest BCUT2D eigenvalue weighted by Crippen LogP contribution is 2.25. The molecule has 1 aliphatic carbocycles. The Morgan fingerprint density at radius 3 is 2.50 bits per heavy atom. The molecule has 18 heavy (non-hydrogen) atoms. The number of nitrogens with one attached hydrogen (secondary N) is 1. The van der Waals surface area contributed by atoms with E-state index in [2.05, 4.69) is 43.4 Å². The highest BCUT2D eigenvalue weighted by atomic mass is 16.5. The first kappa shape index (κ1) is 13.4. The molecule has 100 valence electrons. The van der Waals surface area contributed by atoms with Crippen molar-refractivity contribution in [3.8, 4) is 5.75 Å². The highest BCUT2D eigenvalue weighted by Gasteiger charge is 2.16. The summed E-state index contributed by atoms with van der Waals surface area (Å²) < 4.78 is 5.97. The summed E-state index contributed by atoms with van der Waals surface area (Å²) in [6.07, 6.45) is 6.70. The molecule has 2 nitrogen and oxygen atoms in total. The van der Waals surface area contributed by atoms with Crippen molar-refractivity contribution in [3.63, 3.8) is 0 Å². The molecule has 0 aromatic heterocycles. The predicted molar refractivity (Wildman–Crippen MR) is 76.0 cm³/mol. The fraction of sp³-hybridized carbons (Fsp3) is 0.625. The molecule has 1 atom stereocenters. The van der Waals surface area contributed by atoms with E-state index in [0.717, 1.165) is 12.3 Å². The van der Waals surface area contributed by atoms with Gasteiger partial charge in [-0.15, -0.1) is 0 Å². The summed E-state index contributed by atoms with van der Waals surface area (Å²) in [4.78, 5) is 0. The average molecular weight is 247 g/mol. The fourth-order valence-corrected chi connectivity index (χ4v) is 2.51. The molecular formula is C16H25NO. The standard InChI is InChI=1S/C16H25NO/c1-3-12-17-13(2)14-8-10-16(11-9-14)18-15-6-4-5-7-15/h8-11,13,15,17H,3-7,12H2,1-2H3. The van der Waals surface area contributed by atoms with Gasteiger partial charge in [0, 0.05) is 6.04 Å². The third kappa shape index (κ3) is 3.74. The van der Waals surface area contributed by atoms with Gasteiger partial charge in [0.25, 0.3) is 0 Å². The summed E-state index contributed by atoms with van der Waals surface area (Å²) in [5.41, 5.74) is 1.34. The molecule has 0 radical (unpaired) electrons. The Morgan fingerprint density at radius 2 is 1.89 bits per heavy atom. The zero-order valence-corrected chi connectivity index (χ0v) is 11.6. The molecule has 2 rings (SSSR count). The molecule has 0 aliphatic heterocycles. The third-order valence-corrected chi connectivity index (χ3v) is 3.69. The van der Waals surface area contributed by atoms with Gasteiger partial charge in [0.05, 0.1) is 6.10 Å². The molecule has 0 saturated heterocycles. The van der Waals surface area contributed by atoms with Crippen LogP contribution < -0.4 is 10.1 Å². The zero-order valence-electron chi connectivity index (χ0n) is 11.6. The summed E-state index contributed by atoms with van der Waals surface area (Å²) >= 11 is 0. The van der Waals surface area contributed by atoms with E-state index in [1.165, 1.54) is 37.7 Å². The summed E-state index contributed by atoms with van der Waals surface area (Å²) in [7, 11) is 0. The van der Waals surface area contributed by atoms with Crippen molar-refractivity contribution in [1.29, 1.82) is 0 Å². The number of hydrogen-bond acceptors (Lipinski definition) is 2. The molecule has 1 N–H and O–H groups in total. The van der Waals surface area contributed by atoms with Gasteiger partial charge in [0.1, 0.15) is 5.75 Å². The average Bonchev–Trinajstić information content (AvgIpc) is 2.89. The van der Waals surface area contributed by atoms with Gasteiger partial charge < -0.3 is 10.1 Å².